The summed E-state index contributed by atoms with van der Waals surface area (Å²) in [6.07, 6.45) is 0. The zero-order valence-electron chi connectivity index (χ0n) is 15.5. The molecule has 3 aromatic carbocycles. The average molecular weight is 395 g/mol. The van der Waals surface area contributed by atoms with Gasteiger partial charge in [-0.3, -0.25) is 4.79 Å². The second-order valence-electron chi connectivity index (χ2n) is 6.50. The van der Waals surface area contributed by atoms with Crippen molar-refractivity contribution in [1.82, 2.24) is 4.57 Å². The third-order valence-electron chi connectivity index (χ3n) is 4.91. The molecule has 0 bridgehead atoms. The number of nitrogens with two attached hydrogens (primary N) is 1. The van der Waals surface area contributed by atoms with Crippen molar-refractivity contribution in [3.05, 3.63) is 70.7 Å². The lowest BCUT2D eigenvalue weighted by molar-refractivity contribution is 0.100. The Morgan fingerprint density at radius 2 is 1.79 bits per heavy atom. The number of carbonyl (C=O) groups is 1. The summed E-state index contributed by atoms with van der Waals surface area (Å²) >= 11 is 6.26. The number of amides is 1. The number of hydrogen-bond donors (Lipinski definition) is 1. The molecule has 1 heterocycles. The van der Waals surface area contributed by atoms with Crippen LogP contribution in [0.15, 0.2) is 54.6 Å². The maximum atomic E-state index is 12.1. The van der Waals surface area contributed by atoms with Crippen LogP contribution in [-0.4, -0.2) is 24.7 Å². The molecule has 4 aromatic rings. The van der Waals surface area contributed by atoms with E-state index in [4.69, 9.17) is 26.8 Å². The fourth-order valence-corrected chi connectivity index (χ4v) is 3.80. The third-order valence-corrected chi connectivity index (χ3v) is 5.15. The van der Waals surface area contributed by atoms with Gasteiger partial charge in [-0.1, -0.05) is 23.7 Å². The molecule has 1 aromatic heterocycles. The van der Waals surface area contributed by atoms with Crippen LogP contribution in [-0.2, 0) is 6.54 Å². The largest absolute Gasteiger partial charge is 0.497 e. The van der Waals surface area contributed by atoms with Gasteiger partial charge in [-0.15, -0.1) is 0 Å². The number of methoxy groups -OCH3 is 2. The topological polar surface area (TPSA) is 66.5 Å². The monoisotopic (exact) mass is 394 g/mol. The van der Waals surface area contributed by atoms with Crippen LogP contribution < -0.4 is 15.2 Å². The zero-order chi connectivity index (χ0) is 19.8. The number of rotatable bonds is 5. The summed E-state index contributed by atoms with van der Waals surface area (Å²) in [5.74, 6) is 0.975. The van der Waals surface area contributed by atoms with Crippen molar-refractivity contribution < 1.29 is 14.3 Å². The van der Waals surface area contributed by atoms with Gasteiger partial charge in [0.15, 0.2) is 0 Å². The minimum absolute atomic E-state index is 0.441. The standard InChI is InChI=1S/C22H19ClN2O3/c1-27-15-6-3-13(4-7-15)12-25-18-9-5-14(23)11-17(18)20-16(22(24)26)8-10-19(28-2)21(20)25/h3-11H,12H2,1-2H3,(H2,24,26). The number of aromatic nitrogens is 1. The van der Waals surface area contributed by atoms with Crippen molar-refractivity contribution in [2.45, 2.75) is 6.54 Å². The molecule has 5 nitrogen and oxygen atoms in total. The van der Waals surface area contributed by atoms with Crippen molar-refractivity contribution in [1.29, 1.82) is 0 Å². The van der Waals surface area contributed by atoms with Crippen LogP contribution in [0.3, 0.4) is 0 Å². The van der Waals surface area contributed by atoms with Gasteiger partial charge in [-0.25, -0.2) is 0 Å². The Labute approximate surface area is 167 Å². The summed E-state index contributed by atoms with van der Waals surface area (Å²) in [6, 6.07) is 17.0. The molecule has 2 N–H and O–H groups in total. The number of primary amides is 1. The van der Waals surface area contributed by atoms with Gasteiger partial charge < -0.3 is 19.8 Å². The summed E-state index contributed by atoms with van der Waals surface area (Å²) in [4.78, 5) is 12.1. The number of ether oxygens (including phenoxy) is 2. The van der Waals surface area contributed by atoms with E-state index in [9.17, 15) is 4.79 Å². The van der Waals surface area contributed by atoms with Crippen LogP contribution >= 0.6 is 11.6 Å². The number of hydrogen-bond acceptors (Lipinski definition) is 3. The number of nitrogens with zero attached hydrogens (tertiary/aromatic N) is 1. The molecular formula is C22H19ClN2O3. The Hall–Kier alpha value is -3.18. The van der Waals surface area contributed by atoms with Crippen molar-refractivity contribution in [2.24, 2.45) is 5.73 Å². The molecule has 0 fully saturated rings. The van der Waals surface area contributed by atoms with E-state index >= 15 is 0 Å². The molecule has 1 amide bonds. The SMILES string of the molecule is COc1ccc(Cn2c3ccc(Cl)cc3c3c(C(N)=O)ccc(OC)c32)cc1. The van der Waals surface area contributed by atoms with Crippen molar-refractivity contribution >= 4 is 39.3 Å². The predicted octanol–water partition coefficient (Wildman–Crippen LogP) is 4.61. The first-order valence-electron chi connectivity index (χ1n) is 8.74. The second-order valence-corrected chi connectivity index (χ2v) is 6.94. The minimum Gasteiger partial charge on any atom is -0.497 e. The molecular weight excluding hydrogens is 376 g/mol. The van der Waals surface area contributed by atoms with Crippen LogP contribution in [0.2, 0.25) is 5.02 Å². The fourth-order valence-electron chi connectivity index (χ4n) is 3.62. The molecule has 0 aliphatic rings. The highest BCUT2D eigenvalue weighted by molar-refractivity contribution is 6.32. The molecule has 0 aliphatic carbocycles. The summed E-state index contributed by atoms with van der Waals surface area (Å²) in [5, 5.41) is 2.20. The van der Waals surface area contributed by atoms with Gasteiger partial charge >= 0.3 is 0 Å². The Bertz CT molecular complexity index is 1200. The molecule has 0 unspecified atom stereocenters. The molecule has 0 saturated heterocycles. The zero-order valence-corrected chi connectivity index (χ0v) is 16.3. The van der Waals surface area contributed by atoms with Crippen LogP contribution in [0.1, 0.15) is 15.9 Å². The van der Waals surface area contributed by atoms with Gasteiger partial charge in [0, 0.05) is 33.4 Å². The van der Waals surface area contributed by atoms with Crippen LogP contribution in [0, 0.1) is 0 Å². The third kappa shape index (κ3) is 2.94. The Morgan fingerprint density at radius 3 is 2.43 bits per heavy atom. The van der Waals surface area contributed by atoms with Crippen molar-refractivity contribution in [3.8, 4) is 11.5 Å². The first-order chi connectivity index (χ1) is 13.5. The predicted molar refractivity (Wildman–Crippen MR) is 112 cm³/mol. The van der Waals surface area contributed by atoms with Crippen LogP contribution in [0.25, 0.3) is 21.8 Å². The summed E-state index contributed by atoms with van der Waals surface area (Å²) in [5.41, 5.74) is 8.94. The van der Waals surface area contributed by atoms with Crippen molar-refractivity contribution in [2.75, 3.05) is 14.2 Å². The molecule has 0 atom stereocenters. The van der Waals surface area contributed by atoms with E-state index in [0.29, 0.717) is 22.9 Å². The van der Waals surface area contributed by atoms with Crippen LogP contribution in [0.4, 0.5) is 0 Å². The number of halogens is 1. The molecule has 0 aliphatic heterocycles. The summed E-state index contributed by atoms with van der Waals surface area (Å²) < 4.78 is 13.0. The second kappa shape index (κ2) is 7.09. The van der Waals surface area contributed by atoms with Gasteiger partial charge in [0.2, 0.25) is 5.91 Å². The maximum Gasteiger partial charge on any atom is 0.249 e. The summed E-state index contributed by atoms with van der Waals surface area (Å²) in [6.45, 7) is 0.588. The molecule has 0 radical (unpaired) electrons. The van der Waals surface area contributed by atoms with E-state index in [1.165, 1.54) is 0 Å². The van der Waals surface area contributed by atoms with Crippen molar-refractivity contribution in [3.63, 3.8) is 0 Å². The van der Waals surface area contributed by atoms with E-state index in [1.54, 1.807) is 26.4 Å². The number of fused-ring (bicyclic) bond motifs is 3. The highest BCUT2D eigenvalue weighted by Gasteiger charge is 2.20. The minimum atomic E-state index is -0.490. The van der Waals surface area contributed by atoms with E-state index in [0.717, 1.165) is 33.1 Å². The first-order valence-corrected chi connectivity index (χ1v) is 9.12. The lowest BCUT2D eigenvalue weighted by Gasteiger charge is -2.12. The highest BCUT2D eigenvalue weighted by Crippen LogP contribution is 2.38. The smallest absolute Gasteiger partial charge is 0.249 e. The lowest BCUT2D eigenvalue weighted by atomic mass is 10.1. The van der Waals surface area contributed by atoms with Gasteiger partial charge in [0.05, 0.1) is 19.7 Å². The van der Waals surface area contributed by atoms with E-state index in [-0.39, 0.29) is 0 Å². The number of carbonyl (C=O) groups excluding carboxylic acids is 1. The highest BCUT2D eigenvalue weighted by atomic mass is 35.5. The van der Waals surface area contributed by atoms with Gasteiger partial charge in [0.25, 0.3) is 0 Å². The molecule has 28 heavy (non-hydrogen) atoms. The maximum absolute atomic E-state index is 12.1. The normalized spacial score (nSPS) is 11.1. The Morgan fingerprint density at radius 1 is 1.04 bits per heavy atom. The number of benzene rings is 3. The average Bonchev–Trinajstić information content (AvgIpc) is 3.01. The lowest BCUT2D eigenvalue weighted by Crippen LogP contribution is -2.11. The fraction of sp³-hybridized carbons (Fsp3) is 0.136. The van der Waals surface area contributed by atoms with Gasteiger partial charge in [0.1, 0.15) is 11.5 Å². The van der Waals surface area contributed by atoms with E-state index in [2.05, 4.69) is 4.57 Å². The van der Waals surface area contributed by atoms with E-state index in [1.807, 2.05) is 42.5 Å². The molecule has 4 rings (SSSR count). The Kier molecular flexibility index (Phi) is 4.61. The van der Waals surface area contributed by atoms with E-state index < -0.39 is 5.91 Å². The Balaban J connectivity index is 2.05. The molecule has 0 spiro atoms. The van der Waals surface area contributed by atoms with Gasteiger partial charge in [-0.2, -0.15) is 0 Å². The van der Waals surface area contributed by atoms with Crippen LogP contribution in [0.5, 0.6) is 11.5 Å². The quantitative estimate of drug-likeness (QED) is 0.537. The molecule has 0 saturated carbocycles. The van der Waals surface area contributed by atoms with Gasteiger partial charge in [-0.05, 0) is 48.0 Å². The molecule has 142 valence electrons. The molecule has 6 heteroatoms. The summed E-state index contributed by atoms with van der Waals surface area (Å²) in [7, 11) is 3.25. The first kappa shape index (κ1) is 18.2.